The molecule has 0 radical (unpaired) electrons. The number of aliphatic hydroxyl groups excluding tert-OH is 1. The topological polar surface area (TPSA) is 61.4 Å². The summed E-state index contributed by atoms with van der Waals surface area (Å²) in [7, 11) is 0. The summed E-state index contributed by atoms with van der Waals surface area (Å²) in [6, 6.07) is 0.170. The van der Waals surface area contributed by atoms with Crippen LogP contribution in [0.3, 0.4) is 0 Å². The average molecular weight is 230 g/mol. The number of carbonyl (C=O) groups excluding carboxylic acids is 1. The predicted octanol–water partition coefficient (Wildman–Crippen LogP) is 0.896. The summed E-state index contributed by atoms with van der Waals surface area (Å²) in [4.78, 5) is 11.6. The molecule has 4 heteroatoms. The van der Waals surface area contributed by atoms with Gasteiger partial charge in [0.25, 0.3) is 0 Å². The SMILES string of the molecule is CC(C)C(C)NC(=O)CNC(C)(C)C(C)O. The maximum Gasteiger partial charge on any atom is 0.234 e. The van der Waals surface area contributed by atoms with E-state index >= 15 is 0 Å². The van der Waals surface area contributed by atoms with Crippen molar-refractivity contribution in [2.75, 3.05) is 6.54 Å². The first-order valence-corrected chi connectivity index (χ1v) is 5.89. The zero-order valence-electron chi connectivity index (χ0n) is 11.3. The van der Waals surface area contributed by atoms with Gasteiger partial charge in [-0.3, -0.25) is 4.79 Å². The van der Waals surface area contributed by atoms with E-state index in [0.717, 1.165) is 0 Å². The van der Waals surface area contributed by atoms with E-state index in [1.54, 1.807) is 6.92 Å². The molecule has 0 aromatic heterocycles. The highest BCUT2D eigenvalue weighted by atomic mass is 16.3. The van der Waals surface area contributed by atoms with Gasteiger partial charge in [0, 0.05) is 11.6 Å². The van der Waals surface area contributed by atoms with Crippen molar-refractivity contribution in [2.24, 2.45) is 5.92 Å². The fourth-order valence-corrected chi connectivity index (χ4v) is 0.927. The van der Waals surface area contributed by atoms with Crippen molar-refractivity contribution in [3.05, 3.63) is 0 Å². The lowest BCUT2D eigenvalue weighted by Gasteiger charge is -2.29. The second-order valence-corrected chi connectivity index (χ2v) is 5.35. The molecule has 0 heterocycles. The highest BCUT2D eigenvalue weighted by Gasteiger charge is 2.24. The molecule has 0 spiro atoms. The summed E-state index contributed by atoms with van der Waals surface area (Å²) in [5.74, 6) is 0.392. The van der Waals surface area contributed by atoms with E-state index in [1.165, 1.54) is 0 Å². The molecule has 1 amide bonds. The normalized spacial score (nSPS) is 16.0. The number of hydrogen-bond donors (Lipinski definition) is 3. The summed E-state index contributed by atoms with van der Waals surface area (Å²) in [6.45, 7) is 11.8. The number of amides is 1. The van der Waals surface area contributed by atoms with Crippen LogP contribution in [-0.4, -0.2) is 35.2 Å². The molecular weight excluding hydrogens is 204 g/mol. The Kier molecular flexibility index (Phi) is 5.97. The van der Waals surface area contributed by atoms with E-state index in [4.69, 9.17) is 0 Å². The number of nitrogens with one attached hydrogen (secondary N) is 2. The van der Waals surface area contributed by atoms with Gasteiger partial charge in [-0.2, -0.15) is 0 Å². The molecule has 0 aliphatic carbocycles. The number of rotatable bonds is 6. The fourth-order valence-electron chi connectivity index (χ4n) is 0.927. The molecule has 0 aromatic carbocycles. The first-order chi connectivity index (χ1) is 7.16. The van der Waals surface area contributed by atoms with E-state index in [2.05, 4.69) is 24.5 Å². The standard InChI is InChI=1S/C12H26N2O2/c1-8(2)9(3)14-11(16)7-13-12(5,6)10(4)15/h8-10,13,15H,7H2,1-6H3,(H,14,16). The summed E-state index contributed by atoms with van der Waals surface area (Å²) in [6.07, 6.45) is -0.497. The van der Waals surface area contributed by atoms with Crippen molar-refractivity contribution in [1.82, 2.24) is 10.6 Å². The zero-order chi connectivity index (χ0) is 12.9. The van der Waals surface area contributed by atoms with Gasteiger partial charge in [0.2, 0.25) is 5.91 Å². The minimum Gasteiger partial charge on any atom is -0.392 e. The van der Waals surface area contributed by atoms with Crippen LogP contribution in [0.1, 0.15) is 41.5 Å². The predicted molar refractivity (Wildman–Crippen MR) is 66.2 cm³/mol. The molecule has 0 rings (SSSR count). The third-order valence-electron chi connectivity index (χ3n) is 3.14. The van der Waals surface area contributed by atoms with Gasteiger partial charge < -0.3 is 15.7 Å². The van der Waals surface area contributed by atoms with Crippen molar-refractivity contribution in [1.29, 1.82) is 0 Å². The Morgan fingerprint density at radius 1 is 1.25 bits per heavy atom. The largest absolute Gasteiger partial charge is 0.392 e. The molecule has 0 aliphatic rings. The number of carbonyl (C=O) groups is 1. The Bertz CT molecular complexity index is 225. The Hall–Kier alpha value is -0.610. The van der Waals surface area contributed by atoms with Crippen molar-refractivity contribution >= 4 is 5.91 Å². The van der Waals surface area contributed by atoms with Crippen LogP contribution in [0.25, 0.3) is 0 Å². The van der Waals surface area contributed by atoms with Crippen LogP contribution in [0, 0.1) is 5.92 Å². The highest BCUT2D eigenvalue weighted by molar-refractivity contribution is 5.78. The Morgan fingerprint density at radius 2 is 1.75 bits per heavy atom. The Morgan fingerprint density at radius 3 is 2.12 bits per heavy atom. The van der Waals surface area contributed by atoms with E-state index in [1.807, 2.05) is 20.8 Å². The zero-order valence-corrected chi connectivity index (χ0v) is 11.3. The lowest BCUT2D eigenvalue weighted by molar-refractivity contribution is -0.121. The van der Waals surface area contributed by atoms with E-state index < -0.39 is 11.6 Å². The molecule has 4 nitrogen and oxygen atoms in total. The number of hydrogen-bond acceptors (Lipinski definition) is 3. The van der Waals surface area contributed by atoms with Crippen LogP contribution in [0.15, 0.2) is 0 Å². The first kappa shape index (κ1) is 15.4. The molecular formula is C12H26N2O2. The van der Waals surface area contributed by atoms with Gasteiger partial charge in [-0.25, -0.2) is 0 Å². The van der Waals surface area contributed by atoms with Crippen LogP contribution >= 0.6 is 0 Å². The van der Waals surface area contributed by atoms with Crippen molar-refractivity contribution in [3.63, 3.8) is 0 Å². The van der Waals surface area contributed by atoms with Gasteiger partial charge >= 0.3 is 0 Å². The highest BCUT2D eigenvalue weighted by Crippen LogP contribution is 2.07. The molecule has 0 fully saturated rings. The molecule has 16 heavy (non-hydrogen) atoms. The van der Waals surface area contributed by atoms with E-state index in [-0.39, 0.29) is 18.5 Å². The summed E-state index contributed by atoms with van der Waals surface area (Å²) in [5, 5.41) is 15.4. The molecule has 96 valence electrons. The summed E-state index contributed by atoms with van der Waals surface area (Å²) < 4.78 is 0. The van der Waals surface area contributed by atoms with Gasteiger partial charge in [0.05, 0.1) is 12.6 Å². The monoisotopic (exact) mass is 230 g/mol. The minimum atomic E-state index is -0.497. The van der Waals surface area contributed by atoms with Crippen LogP contribution < -0.4 is 10.6 Å². The molecule has 0 bridgehead atoms. The lowest BCUT2D eigenvalue weighted by Crippen LogP contribution is -2.52. The third kappa shape index (κ3) is 5.47. The van der Waals surface area contributed by atoms with Crippen LogP contribution in [-0.2, 0) is 4.79 Å². The van der Waals surface area contributed by atoms with Crippen LogP contribution in [0.2, 0.25) is 0 Å². The fraction of sp³-hybridized carbons (Fsp3) is 0.917. The molecule has 0 aliphatic heterocycles. The van der Waals surface area contributed by atoms with Crippen molar-refractivity contribution in [3.8, 4) is 0 Å². The van der Waals surface area contributed by atoms with Crippen LogP contribution in [0.5, 0.6) is 0 Å². The molecule has 2 atom stereocenters. The summed E-state index contributed by atoms with van der Waals surface area (Å²) >= 11 is 0. The molecule has 2 unspecified atom stereocenters. The van der Waals surface area contributed by atoms with E-state index in [0.29, 0.717) is 5.92 Å². The quantitative estimate of drug-likeness (QED) is 0.635. The van der Waals surface area contributed by atoms with Gasteiger partial charge in [0.1, 0.15) is 0 Å². The molecule has 0 aromatic rings. The van der Waals surface area contributed by atoms with Crippen molar-refractivity contribution < 1.29 is 9.90 Å². The number of aliphatic hydroxyl groups is 1. The Labute approximate surface area is 98.8 Å². The molecule has 0 saturated heterocycles. The van der Waals surface area contributed by atoms with Gasteiger partial charge in [-0.1, -0.05) is 13.8 Å². The third-order valence-corrected chi connectivity index (χ3v) is 3.14. The smallest absolute Gasteiger partial charge is 0.234 e. The minimum absolute atomic E-state index is 0.0325. The molecule has 3 N–H and O–H groups in total. The van der Waals surface area contributed by atoms with Crippen molar-refractivity contribution in [2.45, 2.75) is 59.2 Å². The second kappa shape index (κ2) is 6.21. The average Bonchev–Trinajstić information content (AvgIpc) is 2.14. The first-order valence-electron chi connectivity index (χ1n) is 5.89. The maximum atomic E-state index is 11.6. The lowest BCUT2D eigenvalue weighted by atomic mass is 9.99. The van der Waals surface area contributed by atoms with Gasteiger partial charge in [-0.05, 0) is 33.6 Å². The Balaban J connectivity index is 3.99. The van der Waals surface area contributed by atoms with Gasteiger partial charge in [-0.15, -0.1) is 0 Å². The summed E-state index contributed by atoms with van der Waals surface area (Å²) in [5.41, 5.74) is -0.446. The molecule has 0 saturated carbocycles. The van der Waals surface area contributed by atoms with Crippen LogP contribution in [0.4, 0.5) is 0 Å². The maximum absolute atomic E-state index is 11.6. The second-order valence-electron chi connectivity index (χ2n) is 5.35. The van der Waals surface area contributed by atoms with Gasteiger partial charge in [0.15, 0.2) is 0 Å². The van der Waals surface area contributed by atoms with E-state index in [9.17, 15) is 9.90 Å².